The van der Waals surface area contributed by atoms with Crippen LogP contribution in [0.5, 0.6) is 0 Å². The lowest BCUT2D eigenvalue weighted by molar-refractivity contribution is -0.133. The highest BCUT2D eigenvalue weighted by atomic mass is 16.5. The molecule has 0 spiro atoms. The molecule has 0 unspecified atom stereocenters. The Labute approximate surface area is 138 Å². The Morgan fingerprint density at radius 2 is 1.91 bits per heavy atom. The standard InChI is InChI=1S/C17H28N4O2/c1-17(2,3)16-18-14(23-19-16)5-4-6-15(22)21-11-9-20(10-12-21)13-7-8-13/h13H,4-12H2,1-3H3. The Morgan fingerprint density at radius 1 is 1.22 bits per heavy atom. The first-order valence-corrected chi connectivity index (χ1v) is 8.78. The Kier molecular flexibility index (Phi) is 4.71. The maximum atomic E-state index is 12.3. The number of hydrogen-bond donors (Lipinski definition) is 0. The number of aromatic nitrogens is 2. The van der Waals surface area contributed by atoms with Gasteiger partial charge in [0, 0.05) is 50.5 Å². The fourth-order valence-electron chi connectivity index (χ4n) is 2.99. The molecule has 2 heterocycles. The van der Waals surface area contributed by atoms with Crippen LogP contribution in [-0.4, -0.2) is 58.1 Å². The maximum Gasteiger partial charge on any atom is 0.226 e. The van der Waals surface area contributed by atoms with E-state index in [1.165, 1.54) is 12.8 Å². The van der Waals surface area contributed by atoms with Gasteiger partial charge in [-0.15, -0.1) is 0 Å². The van der Waals surface area contributed by atoms with Gasteiger partial charge in [0.25, 0.3) is 0 Å². The summed E-state index contributed by atoms with van der Waals surface area (Å²) in [4.78, 5) is 21.2. The van der Waals surface area contributed by atoms with E-state index >= 15 is 0 Å². The Balaban J connectivity index is 1.38. The fourth-order valence-corrected chi connectivity index (χ4v) is 2.99. The average Bonchev–Trinajstić information content (AvgIpc) is 3.25. The Hall–Kier alpha value is -1.43. The summed E-state index contributed by atoms with van der Waals surface area (Å²) in [5, 5.41) is 4.02. The number of piperazine rings is 1. The molecule has 1 aromatic rings. The first-order chi connectivity index (χ1) is 10.9. The van der Waals surface area contributed by atoms with E-state index in [1.807, 2.05) is 4.90 Å². The molecular weight excluding hydrogens is 292 g/mol. The lowest BCUT2D eigenvalue weighted by atomic mass is 9.96. The summed E-state index contributed by atoms with van der Waals surface area (Å²) in [5.41, 5.74) is -0.0984. The summed E-state index contributed by atoms with van der Waals surface area (Å²) in [5.74, 6) is 1.63. The van der Waals surface area contributed by atoms with Gasteiger partial charge in [-0.3, -0.25) is 9.69 Å². The summed E-state index contributed by atoms with van der Waals surface area (Å²) >= 11 is 0. The van der Waals surface area contributed by atoms with Crippen LogP contribution in [0.15, 0.2) is 4.52 Å². The number of hydrogen-bond acceptors (Lipinski definition) is 5. The molecule has 6 heteroatoms. The van der Waals surface area contributed by atoms with Gasteiger partial charge in [0.1, 0.15) is 0 Å². The molecule has 2 fully saturated rings. The minimum atomic E-state index is -0.0984. The van der Waals surface area contributed by atoms with Gasteiger partial charge in [0.15, 0.2) is 5.82 Å². The minimum absolute atomic E-state index is 0.0984. The fraction of sp³-hybridized carbons (Fsp3) is 0.824. The number of rotatable bonds is 5. The molecule has 0 aromatic carbocycles. The highest BCUT2D eigenvalue weighted by Crippen LogP contribution is 2.27. The average molecular weight is 320 g/mol. The minimum Gasteiger partial charge on any atom is -0.340 e. The van der Waals surface area contributed by atoms with Gasteiger partial charge in [-0.05, 0) is 19.3 Å². The van der Waals surface area contributed by atoms with E-state index in [0.717, 1.165) is 44.5 Å². The van der Waals surface area contributed by atoms with Crippen LogP contribution in [0, 0.1) is 0 Å². The maximum absolute atomic E-state index is 12.3. The van der Waals surface area contributed by atoms with Gasteiger partial charge in [-0.25, -0.2) is 0 Å². The summed E-state index contributed by atoms with van der Waals surface area (Å²) < 4.78 is 5.27. The quantitative estimate of drug-likeness (QED) is 0.830. The van der Waals surface area contributed by atoms with Gasteiger partial charge >= 0.3 is 0 Å². The SMILES string of the molecule is CC(C)(C)c1noc(CCCC(=O)N2CCN(C3CC3)CC2)n1. The topological polar surface area (TPSA) is 62.5 Å². The van der Waals surface area contributed by atoms with Gasteiger partial charge in [-0.1, -0.05) is 25.9 Å². The van der Waals surface area contributed by atoms with Crippen LogP contribution in [0.1, 0.15) is 58.2 Å². The molecule has 1 amide bonds. The van der Waals surface area contributed by atoms with E-state index in [0.29, 0.717) is 18.7 Å². The highest BCUT2D eigenvalue weighted by Gasteiger charge is 2.32. The van der Waals surface area contributed by atoms with Crippen molar-refractivity contribution in [2.45, 2.75) is 64.3 Å². The van der Waals surface area contributed by atoms with Crippen LogP contribution in [0.3, 0.4) is 0 Å². The first kappa shape index (κ1) is 16.4. The van der Waals surface area contributed by atoms with Gasteiger partial charge in [0.05, 0.1) is 0 Å². The third-order valence-corrected chi connectivity index (χ3v) is 4.65. The predicted molar refractivity (Wildman–Crippen MR) is 87.1 cm³/mol. The van der Waals surface area contributed by atoms with E-state index in [2.05, 4.69) is 35.8 Å². The number of aryl methyl sites for hydroxylation is 1. The van der Waals surface area contributed by atoms with Gasteiger partial charge < -0.3 is 9.42 Å². The van der Waals surface area contributed by atoms with Crippen molar-refractivity contribution in [3.63, 3.8) is 0 Å². The zero-order valence-corrected chi connectivity index (χ0v) is 14.5. The second kappa shape index (κ2) is 6.59. The molecule has 23 heavy (non-hydrogen) atoms. The second-order valence-corrected chi connectivity index (χ2v) is 7.76. The molecule has 0 bridgehead atoms. The summed E-state index contributed by atoms with van der Waals surface area (Å²) in [6, 6.07) is 0.807. The van der Waals surface area contributed by atoms with Crippen molar-refractivity contribution in [2.24, 2.45) is 0 Å². The lowest BCUT2D eigenvalue weighted by Gasteiger charge is -2.34. The Morgan fingerprint density at radius 3 is 2.48 bits per heavy atom. The monoisotopic (exact) mass is 320 g/mol. The van der Waals surface area contributed by atoms with Crippen molar-refractivity contribution >= 4 is 5.91 Å². The van der Waals surface area contributed by atoms with Crippen molar-refractivity contribution in [3.8, 4) is 0 Å². The van der Waals surface area contributed by atoms with Crippen LogP contribution >= 0.6 is 0 Å². The molecule has 3 rings (SSSR count). The molecule has 6 nitrogen and oxygen atoms in total. The van der Waals surface area contributed by atoms with Gasteiger partial charge in [-0.2, -0.15) is 4.98 Å². The molecule has 2 aliphatic rings. The molecule has 0 radical (unpaired) electrons. The van der Waals surface area contributed by atoms with E-state index in [9.17, 15) is 4.79 Å². The van der Waals surface area contributed by atoms with Crippen LogP contribution in [0.2, 0.25) is 0 Å². The number of carbonyl (C=O) groups excluding carboxylic acids is 1. The van der Waals surface area contributed by atoms with Crippen LogP contribution in [0.4, 0.5) is 0 Å². The normalized spacial score (nSPS) is 20.0. The van der Waals surface area contributed by atoms with E-state index in [4.69, 9.17) is 4.52 Å². The second-order valence-electron chi connectivity index (χ2n) is 7.76. The summed E-state index contributed by atoms with van der Waals surface area (Å²) in [6.07, 6.45) is 4.70. The zero-order valence-electron chi connectivity index (χ0n) is 14.5. The smallest absolute Gasteiger partial charge is 0.226 e. The van der Waals surface area contributed by atoms with Crippen LogP contribution in [0.25, 0.3) is 0 Å². The number of amides is 1. The van der Waals surface area contributed by atoms with Crippen molar-refractivity contribution in [1.82, 2.24) is 19.9 Å². The van der Waals surface area contributed by atoms with Crippen LogP contribution < -0.4 is 0 Å². The molecule has 0 atom stereocenters. The van der Waals surface area contributed by atoms with Crippen molar-refractivity contribution in [3.05, 3.63) is 11.7 Å². The molecule has 1 aliphatic carbocycles. The molecule has 1 aromatic heterocycles. The van der Waals surface area contributed by atoms with E-state index < -0.39 is 0 Å². The third-order valence-electron chi connectivity index (χ3n) is 4.65. The molecule has 1 saturated carbocycles. The Bertz CT molecular complexity index is 537. The molecular formula is C17H28N4O2. The summed E-state index contributed by atoms with van der Waals surface area (Å²) in [7, 11) is 0. The van der Waals surface area contributed by atoms with E-state index in [-0.39, 0.29) is 11.3 Å². The third kappa shape index (κ3) is 4.31. The van der Waals surface area contributed by atoms with Crippen molar-refractivity contribution in [1.29, 1.82) is 0 Å². The molecule has 1 aliphatic heterocycles. The highest BCUT2D eigenvalue weighted by molar-refractivity contribution is 5.76. The van der Waals surface area contributed by atoms with Crippen molar-refractivity contribution < 1.29 is 9.32 Å². The zero-order chi connectivity index (χ0) is 16.4. The lowest BCUT2D eigenvalue weighted by Crippen LogP contribution is -2.49. The molecule has 1 saturated heterocycles. The summed E-state index contributed by atoms with van der Waals surface area (Å²) in [6.45, 7) is 10.0. The number of carbonyl (C=O) groups is 1. The van der Waals surface area contributed by atoms with Gasteiger partial charge in [0.2, 0.25) is 11.8 Å². The molecule has 128 valence electrons. The predicted octanol–water partition coefficient (Wildman–Crippen LogP) is 2.00. The van der Waals surface area contributed by atoms with Crippen LogP contribution in [-0.2, 0) is 16.6 Å². The number of nitrogens with zero attached hydrogens (tertiary/aromatic N) is 4. The molecule has 0 N–H and O–H groups in total. The largest absolute Gasteiger partial charge is 0.340 e. The van der Waals surface area contributed by atoms with E-state index in [1.54, 1.807) is 0 Å². The first-order valence-electron chi connectivity index (χ1n) is 8.78. The van der Waals surface area contributed by atoms with Crippen molar-refractivity contribution in [2.75, 3.05) is 26.2 Å².